The van der Waals surface area contributed by atoms with Crippen molar-refractivity contribution in [1.29, 1.82) is 0 Å². The lowest BCUT2D eigenvalue weighted by atomic mass is 10.1. The Morgan fingerprint density at radius 1 is 1.12 bits per heavy atom. The average Bonchev–Trinajstić information content (AvgIpc) is 3.18. The van der Waals surface area contributed by atoms with E-state index in [0.717, 1.165) is 3.57 Å². The number of aliphatic imine (C=N–C) groups is 1. The minimum atomic E-state index is -0.563. The van der Waals surface area contributed by atoms with Gasteiger partial charge >= 0.3 is 5.97 Å². The van der Waals surface area contributed by atoms with E-state index in [2.05, 4.69) is 27.6 Å². The minimum Gasteiger partial charge on any atom is -0.493 e. The molecule has 0 atom stereocenters. The fourth-order valence-corrected chi connectivity index (χ4v) is 3.72. The van der Waals surface area contributed by atoms with Crippen LogP contribution in [0.25, 0.3) is 6.08 Å². The Bertz CT molecular complexity index is 1270. The van der Waals surface area contributed by atoms with Crippen molar-refractivity contribution >= 4 is 57.9 Å². The summed E-state index contributed by atoms with van der Waals surface area (Å²) in [6.07, 6.45) is 1.55. The van der Waals surface area contributed by atoms with Gasteiger partial charge in [0.1, 0.15) is 0 Å². The Morgan fingerprint density at radius 2 is 1.85 bits per heavy atom. The summed E-state index contributed by atoms with van der Waals surface area (Å²) in [4.78, 5) is 29.0. The first-order valence-corrected chi connectivity index (χ1v) is 11.3. The number of halogens is 2. The molecule has 4 rings (SSSR count). The predicted octanol–water partition coefficient (Wildman–Crippen LogP) is 5.56. The summed E-state index contributed by atoms with van der Waals surface area (Å²) in [5.74, 6) is 0.0460. The first kappa shape index (κ1) is 23.0. The molecule has 0 bridgehead atoms. The molecule has 1 aliphatic rings. The molecular weight excluding hydrogens is 557 g/mol. The van der Waals surface area contributed by atoms with Crippen molar-refractivity contribution in [1.82, 2.24) is 0 Å². The quantitative estimate of drug-likeness (QED) is 0.160. The molecule has 3 aromatic carbocycles. The second-order valence-electron chi connectivity index (χ2n) is 6.95. The smallest absolute Gasteiger partial charge is 0.363 e. The number of cyclic esters (lactones) is 1. The molecule has 0 N–H and O–H groups in total. The van der Waals surface area contributed by atoms with Crippen LogP contribution in [0.15, 0.2) is 77.4 Å². The number of ether oxygens (including phenoxy) is 3. The molecule has 0 unspecified atom stereocenters. The fourth-order valence-electron chi connectivity index (χ4n) is 3.09. The van der Waals surface area contributed by atoms with E-state index in [1.54, 1.807) is 42.5 Å². The SMILES string of the molecule is COc1cc(/C=C2\N=C(c3ccc(I)cc3)OC2=O)cc(Cl)c1OCC(=O)c1ccccc1. The number of methoxy groups -OCH3 is 1. The third-order valence-corrected chi connectivity index (χ3v) is 5.71. The molecule has 166 valence electrons. The summed E-state index contributed by atoms with van der Waals surface area (Å²) in [5.41, 5.74) is 1.94. The molecule has 1 heterocycles. The number of carbonyl (C=O) groups is 2. The van der Waals surface area contributed by atoms with E-state index in [-0.39, 0.29) is 34.8 Å². The van der Waals surface area contributed by atoms with E-state index in [9.17, 15) is 9.59 Å². The topological polar surface area (TPSA) is 74.2 Å². The standard InChI is InChI=1S/C25H17ClINO5/c1-31-22-13-15(11-19(26)23(22)32-14-21(29)16-5-3-2-4-6-16)12-20-25(30)33-24(28-20)17-7-9-18(27)10-8-17/h2-13H,14H2,1H3/b20-12-. The fraction of sp³-hybridized carbons (Fsp3) is 0.0800. The summed E-state index contributed by atoms with van der Waals surface area (Å²) in [7, 11) is 1.46. The highest BCUT2D eigenvalue weighted by Crippen LogP contribution is 2.37. The largest absolute Gasteiger partial charge is 0.493 e. The molecule has 33 heavy (non-hydrogen) atoms. The molecule has 0 spiro atoms. The first-order valence-electron chi connectivity index (χ1n) is 9.81. The zero-order valence-electron chi connectivity index (χ0n) is 17.4. The van der Waals surface area contributed by atoms with Gasteiger partial charge in [0.2, 0.25) is 5.90 Å². The van der Waals surface area contributed by atoms with E-state index in [1.165, 1.54) is 7.11 Å². The second kappa shape index (κ2) is 10.2. The molecule has 0 fully saturated rings. The molecule has 0 aliphatic carbocycles. The van der Waals surface area contributed by atoms with Crippen LogP contribution >= 0.6 is 34.2 Å². The van der Waals surface area contributed by atoms with Gasteiger partial charge in [-0.1, -0.05) is 41.9 Å². The summed E-state index contributed by atoms with van der Waals surface area (Å²) in [6, 6.07) is 19.5. The van der Waals surface area contributed by atoms with Crippen molar-refractivity contribution < 1.29 is 23.8 Å². The van der Waals surface area contributed by atoms with E-state index < -0.39 is 5.97 Å². The Morgan fingerprint density at radius 3 is 2.55 bits per heavy atom. The number of rotatable bonds is 7. The van der Waals surface area contributed by atoms with Crippen molar-refractivity contribution in [3.63, 3.8) is 0 Å². The third-order valence-electron chi connectivity index (χ3n) is 4.71. The maximum Gasteiger partial charge on any atom is 0.363 e. The number of esters is 1. The van der Waals surface area contributed by atoms with Crippen LogP contribution < -0.4 is 9.47 Å². The highest BCUT2D eigenvalue weighted by atomic mass is 127. The third kappa shape index (κ3) is 5.43. The zero-order chi connectivity index (χ0) is 23.4. The normalized spacial score (nSPS) is 14.1. The van der Waals surface area contributed by atoms with Gasteiger partial charge in [-0.3, -0.25) is 4.79 Å². The number of ketones is 1. The predicted molar refractivity (Wildman–Crippen MR) is 134 cm³/mol. The van der Waals surface area contributed by atoms with Gasteiger partial charge in [0.05, 0.1) is 12.1 Å². The van der Waals surface area contributed by atoms with Crippen LogP contribution in [0.3, 0.4) is 0 Å². The lowest BCUT2D eigenvalue weighted by Crippen LogP contribution is -2.12. The van der Waals surface area contributed by atoms with Crippen molar-refractivity contribution in [2.24, 2.45) is 4.99 Å². The van der Waals surface area contributed by atoms with Gasteiger partial charge in [-0.2, -0.15) is 0 Å². The number of benzene rings is 3. The number of hydrogen-bond acceptors (Lipinski definition) is 6. The molecule has 3 aromatic rings. The number of nitrogens with zero attached hydrogens (tertiary/aromatic N) is 1. The number of Topliss-reactive ketones (excluding diaryl/α,β-unsaturated/α-hetero) is 1. The van der Waals surface area contributed by atoms with Crippen LogP contribution in [0.1, 0.15) is 21.5 Å². The van der Waals surface area contributed by atoms with Crippen LogP contribution in [0, 0.1) is 3.57 Å². The second-order valence-corrected chi connectivity index (χ2v) is 8.61. The van der Waals surface area contributed by atoms with Crippen LogP contribution in [-0.4, -0.2) is 31.4 Å². The van der Waals surface area contributed by atoms with E-state index in [0.29, 0.717) is 22.4 Å². The van der Waals surface area contributed by atoms with Gasteiger partial charge in [-0.15, -0.1) is 0 Å². The van der Waals surface area contributed by atoms with Crippen molar-refractivity contribution in [2.75, 3.05) is 13.7 Å². The van der Waals surface area contributed by atoms with Crippen LogP contribution in [-0.2, 0) is 9.53 Å². The average molecular weight is 574 g/mol. The van der Waals surface area contributed by atoms with Gasteiger partial charge in [0, 0.05) is 14.7 Å². The molecule has 1 aliphatic heterocycles. The molecule has 0 saturated carbocycles. The Balaban J connectivity index is 1.56. The Labute approximate surface area is 209 Å². The van der Waals surface area contributed by atoms with Crippen LogP contribution in [0.2, 0.25) is 5.02 Å². The first-order chi connectivity index (χ1) is 15.9. The molecule has 0 radical (unpaired) electrons. The monoisotopic (exact) mass is 573 g/mol. The van der Waals surface area contributed by atoms with Gasteiger partial charge < -0.3 is 14.2 Å². The molecule has 0 saturated heterocycles. The molecule has 0 amide bonds. The van der Waals surface area contributed by atoms with Gasteiger partial charge in [0.25, 0.3) is 0 Å². The minimum absolute atomic E-state index is 0.134. The highest BCUT2D eigenvalue weighted by Gasteiger charge is 2.24. The lowest BCUT2D eigenvalue weighted by molar-refractivity contribution is -0.129. The molecular formula is C25H17ClINO5. The van der Waals surface area contributed by atoms with E-state index in [4.69, 9.17) is 25.8 Å². The maximum absolute atomic E-state index is 12.3. The summed E-state index contributed by atoms with van der Waals surface area (Å²) in [5, 5.41) is 0.232. The zero-order valence-corrected chi connectivity index (χ0v) is 20.3. The molecule has 8 heteroatoms. The summed E-state index contributed by atoms with van der Waals surface area (Å²) < 4.78 is 17.4. The van der Waals surface area contributed by atoms with Gasteiger partial charge in [-0.05, 0) is 70.6 Å². The maximum atomic E-state index is 12.3. The van der Waals surface area contributed by atoms with Crippen molar-refractivity contribution in [3.8, 4) is 11.5 Å². The van der Waals surface area contributed by atoms with Crippen molar-refractivity contribution in [3.05, 3.63) is 97.7 Å². The van der Waals surface area contributed by atoms with E-state index >= 15 is 0 Å². The molecule has 6 nitrogen and oxygen atoms in total. The highest BCUT2D eigenvalue weighted by molar-refractivity contribution is 14.1. The molecule has 0 aromatic heterocycles. The Hall–Kier alpha value is -3.17. The van der Waals surface area contributed by atoms with E-state index in [1.807, 2.05) is 30.3 Å². The van der Waals surface area contributed by atoms with Crippen molar-refractivity contribution in [2.45, 2.75) is 0 Å². The van der Waals surface area contributed by atoms with Gasteiger partial charge in [0.15, 0.2) is 29.6 Å². The van der Waals surface area contributed by atoms with Crippen LogP contribution in [0.4, 0.5) is 0 Å². The Kier molecular flexibility index (Phi) is 7.10. The summed E-state index contributed by atoms with van der Waals surface area (Å²) >= 11 is 8.60. The number of carbonyl (C=O) groups excluding carboxylic acids is 2. The number of hydrogen-bond donors (Lipinski definition) is 0. The summed E-state index contributed by atoms with van der Waals surface area (Å²) in [6.45, 7) is -0.198. The lowest BCUT2D eigenvalue weighted by Gasteiger charge is -2.13. The van der Waals surface area contributed by atoms with Gasteiger partial charge in [-0.25, -0.2) is 9.79 Å². The van der Waals surface area contributed by atoms with Crippen LogP contribution in [0.5, 0.6) is 11.5 Å².